The maximum Gasteiger partial charge on any atom is 0.341 e. The molecule has 0 amide bonds. The zero-order valence-corrected chi connectivity index (χ0v) is 11.2. The van der Waals surface area contributed by atoms with Gasteiger partial charge >= 0.3 is 5.97 Å². The van der Waals surface area contributed by atoms with Crippen molar-refractivity contribution < 1.29 is 19.0 Å². The van der Waals surface area contributed by atoms with Gasteiger partial charge in [0.15, 0.2) is 0 Å². The second-order valence-corrected chi connectivity index (χ2v) is 4.27. The number of nitrogens with zero attached hydrogens (tertiary/aromatic N) is 2. The molecule has 0 unspecified atom stereocenters. The smallest absolute Gasteiger partial charge is 0.341 e. The van der Waals surface area contributed by atoms with Crippen LogP contribution in [0.5, 0.6) is 0 Å². The predicted octanol–water partition coefficient (Wildman–Crippen LogP) is 2.24. The Kier molecular flexibility index (Phi) is 4.14. The second-order valence-electron chi connectivity index (χ2n) is 4.27. The van der Waals surface area contributed by atoms with E-state index in [-0.39, 0.29) is 6.61 Å². The van der Waals surface area contributed by atoms with Crippen LogP contribution in [-0.4, -0.2) is 27.5 Å². The van der Waals surface area contributed by atoms with Crippen LogP contribution in [0.3, 0.4) is 0 Å². The summed E-state index contributed by atoms with van der Waals surface area (Å²) in [5, 5.41) is 13.7. The Morgan fingerprint density at radius 2 is 2.30 bits per heavy atom. The minimum atomic E-state index is -0.851. The van der Waals surface area contributed by atoms with Crippen LogP contribution in [0.4, 0.5) is 4.39 Å². The van der Waals surface area contributed by atoms with Gasteiger partial charge in [-0.05, 0) is 32.0 Å². The molecule has 0 aliphatic heterocycles. The van der Waals surface area contributed by atoms with E-state index in [0.29, 0.717) is 16.8 Å². The van der Waals surface area contributed by atoms with Crippen molar-refractivity contribution in [2.75, 3.05) is 6.61 Å². The molecule has 0 aliphatic rings. The summed E-state index contributed by atoms with van der Waals surface area (Å²) >= 11 is 0. The number of esters is 1. The van der Waals surface area contributed by atoms with E-state index in [2.05, 4.69) is 5.10 Å². The van der Waals surface area contributed by atoms with Crippen molar-refractivity contribution in [3.8, 4) is 5.69 Å². The molecule has 1 heterocycles. The summed E-state index contributed by atoms with van der Waals surface area (Å²) < 4.78 is 19.5. The van der Waals surface area contributed by atoms with Gasteiger partial charge in [-0.15, -0.1) is 0 Å². The maximum absolute atomic E-state index is 13.2. The quantitative estimate of drug-likeness (QED) is 0.871. The van der Waals surface area contributed by atoms with Crippen molar-refractivity contribution in [2.45, 2.75) is 20.0 Å². The van der Waals surface area contributed by atoms with E-state index in [4.69, 9.17) is 4.74 Å². The molecule has 0 aliphatic carbocycles. The van der Waals surface area contributed by atoms with Gasteiger partial charge in [0.1, 0.15) is 5.82 Å². The number of ether oxygens (including phenoxy) is 1. The first-order valence-electron chi connectivity index (χ1n) is 6.22. The molecule has 0 radical (unpaired) electrons. The van der Waals surface area contributed by atoms with Crippen LogP contribution in [-0.2, 0) is 4.74 Å². The molecule has 106 valence electrons. The van der Waals surface area contributed by atoms with E-state index in [1.807, 2.05) is 0 Å². The fourth-order valence-corrected chi connectivity index (χ4v) is 1.84. The van der Waals surface area contributed by atoms with E-state index in [0.717, 1.165) is 0 Å². The highest BCUT2D eigenvalue weighted by molar-refractivity contribution is 5.88. The largest absolute Gasteiger partial charge is 0.462 e. The molecule has 5 nitrogen and oxygen atoms in total. The minimum absolute atomic E-state index is 0.277. The summed E-state index contributed by atoms with van der Waals surface area (Å²) in [5.74, 6) is -0.915. The average Bonchev–Trinajstić information content (AvgIpc) is 2.88. The Labute approximate surface area is 115 Å². The first-order valence-corrected chi connectivity index (χ1v) is 6.22. The lowest BCUT2D eigenvalue weighted by Crippen LogP contribution is -2.05. The lowest BCUT2D eigenvalue weighted by Gasteiger charge is -2.11. The van der Waals surface area contributed by atoms with Crippen LogP contribution in [0.25, 0.3) is 5.69 Å². The first-order chi connectivity index (χ1) is 9.52. The lowest BCUT2D eigenvalue weighted by molar-refractivity contribution is 0.0526. The Morgan fingerprint density at radius 3 is 2.95 bits per heavy atom. The maximum atomic E-state index is 13.2. The highest BCUT2D eigenvalue weighted by atomic mass is 19.1. The molecular weight excluding hydrogens is 263 g/mol. The van der Waals surface area contributed by atoms with Gasteiger partial charge in [0.25, 0.3) is 0 Å². The summed E-state index contributed by atoms with van der Waals surface area (Å²) in [5.41, 5.74) is 1.20. The van der Waals surface area contributed by atoms with E-state index in [9.17, 15) is 14.3 Å². The Bertz CT molecular complexity index is 623. The highest BCUT2D eigenvalue weighted by Crippen LogP contribution is 2.22. The number of hydrogen-bond donors (Lipinski definition) is 1. The summed E-state index contributed by atoms with van der Waals surface area (Å²) in [4.78, 5) is 11.6. The van der Waals surface area contributed by atoms with Gasteiger partial charge in [-0.25, -0.2) is 13.9 Å². The molecular formula is C14H15FN2O3. The number of aromatic nitrogens is 2. The van der Waals surface area contributed by atoms with Crippen molar-refractivity contribution >= 4 is 5.97 Å². The molecule has 0 saturated heterocycles. The van der Waals surface area contributed by atoms with Gasteiger partial charge in [0.2, 0.25) is 0 Å². The molecule has 0 spiro atoms. The van der Waals surface area contributed by atoms with Gasteiger partial charge in [0.05, 0.1) is 30.2 Å². The molecule has 1 aromatic carbocycles. The van der Waals surface area contributed by atoms with Crippen LogP contribution in [0.1, 0.15) is 35.9 Å². The zero-order chi connectivity index (χ0) is 14.7. The van der Waals surface area contributed by atoms with Crippen LogP contribution in [0.2, 0.25) is 0 Å². The molecule has 0 saturated carbocycles. The van der Waals surface area contributed by atoms with Crippen LogP contribution in [0, 0.1) is 5.82 Å². The molecule has 1 atom stereocenters. The highest BCUT2D eigenvalue weighted by Gasteiger charge is 2.14. The molecule has 0 bridgehead atoms. The molecule has 2 aromatic rings. The first kappa shape index (κ1) is 14.2. The number of rotatable bonds is 4. The Morgan fingerprint density at radius 1 is 1.55 bits per heavy atom. The summed E-state index contributed by atoms with van der Waals surface area (Å²) in [7, 11) is 0. The van der Waals surface area contributed by atoms with Crippen molar-refractivity contribution in [3.63, 3.8) is 0 Å². The topological polar surface area (TPSA) is 64.3 Å². The summed E-state index contributed by atoms with van der Waals surface area (Å²) in [6.07, 6.45) is 2.00. The fraction of sp³-hybridized carbons (Fsp3) is 0.286. The van der Waals surface area contributed by atoms with E-state index >= 15 is 0 Å². The average molecular weight is 278 g/mol. The predicted molar refractivity (Wildman–Crippen MR) is 70.1 cm³/mol. The van der Waals surface area contributed by atoms with Crippen LogP contribution < -0.4 is 0 Å². The zero-order valence-electron chi connectivity index (χ0n) is 11.2. The van der Waals surface area contributed by atoms with Gasteiger partial charge in [0, 0.05) is 11.8 Å². The second kappa shape index (κ2) is 5.83. The monoisotopic (exact) mass is 278 g/mol. The third-order valence-electron chi connectivity index (χ3n) is 2.78. The number of benzene rings is 1. The third kappa shape index (κ3) is 2.85. The van der Waals surface area contributed by atoms with Gasteiger partial charge in [-0.2, -0.15) is 5.10 Å². The minimum Gasteiger partial charge on any atom is -0.462 e. The molecule has 2 rings (SSSR count). The Hall–Kier alpha value is -2.21. The fourth-order valence-electron chi connectivity index (χ4n) is 1.84. The van der Waals surface area contributed by atoms with E-state index in [1.54, 1.807) is 6.92 Å². The molecule has 0 fully saturated rings. The standard InChI is InChI=1S/C14H15FN2O3/c1-3-20-14(19)10-7-16-17(8-10)13-5-4-11(15)6-12(13)9(2)18/h4-9,18H,3H2,1-2H3/t9-/m1/s1. The van der Waals surface area contributed by atoms with E-state index in [1.165, 1.54) is 42.2 Å². The van der Waals surface area contributed by atoms with Crippen LogP contribution in [0.15, 0.2) is 30.6 Å². The van der Waals surface area contributed by atoms with Crippen molar-refractivity contribution in [1.82, 2.24) is 9.78 Å². The van der Waals surface area contributed by atoms with Gasteiger partial charge < -0.3 is 9.84 Å². The number of aliphatic hydroxyl groups excluding tert-OH is 1. The third-order valence-corrected chi connectivity index (χ3v) is 2.78. The Balaban J connectivity index is 2.40. The number of aliphatic hydroxyl groups is 1. The molecule has 20 heavy (non-hydrogen) atoms. The van der Waals surface area contributed by atoms with Crippen molar-refractivity contribution in [3.05, 3.63) is 47.5 Å². The SMILES string of the molecule is CCOC(=O)c1cnn(-c2ccc(F)cc2[C@@H](C)O)c1. The van der Waals surface area contributed by atoms with E-state index < -0.39 is 17.9 Å². The van der Waals surface area contributed by atoms with Gasteiger partial charge in [-0.3, -0.25) is 0 Å². The summed E-state index contributed by atoms with van der Waals surface area (Å²) in [6, 6.07) is 4.01. The van der Waals surface area contributed by atoms with Crippen molar-refractivity contribution in [1.29, 1.82) is 0 Å². The molecule has 1 aromatic heterocycles. The normalized spacial score (nSPS) is 12.2. The number of hydrogen-bond acceptors (Lipinski definition) is 4. The molecule has 6 heteroatoms. The number of halogens is 1. The van der Waals surface area contributed by atoms with Gasteiger partial charge in [-0.1, -0.05) is 0 Å². The van der Waals surface area contributed by atoms with Crippen molar-refractivity contribution in [2.24, 2.45) is 0 Å². The number of carbonyl (C=O) groups is 1. The lowest BCUT2D eigenvalue weighted by atomic mass is 10.1. The summed E-state index contributed by atoms with van der Waals surface area (Å²) in [6.45, 7) is 3.53. The number of carbonyl (C=O) groups excluding carboxylic acids is 1. The van der Waals surface area contributed by atoms with Crippen LogP contribution >= 0.6 is 0 Å². The molecule has 1 N–H and O–H groups in total.